The molecular weight excluding hydrogens is 200 g/mol. The van der Waals surface area contributed by atoms with Crippen molar-refractivity contribution in [2.24, 2.45) is 0 Å². The van der Waals surface area contributed by atoms with Gasteiger partial charge in [0.15, 0.2) is 0 Å². The van der Waals surface area contributed by atoms with E-state index in [2.05, 4.69) is 25.1 Å². The van der Waals surface area contributed by atoms with Crippen LogP contribution in [0.25, 0.3) is 0 Å². The second-order valence-electron chi connectivity index (χ2n) is 4.45. The molecular formula is C13H20N2O. The molecule has 0 saturated carbocycles. The van der Waals surface area contributed by atoms with Crippen LogP contribution in [0.1, 0.15) is 11.1 Å². The topological polar surface area (TPSA) is 23.6 Å². The van der Waals surface area contributed by atoms with E-state index in [4.69, 9.17) is 0 Å². The summed E-state index contributed by atoms with van der Waals surface area (Å²) in [5, 5.41) is 0. The van der Waals surface area contributed by atoms with E-state index in [1.165, 1.54) is 11.1 Å². The number of carbonyl (C=O) groups excluding carboxylic acids is 1. The Morgan fingerprint density at radius 2 is 1.94 bits per heavy atom. The molecule has 1 amide bonds. The predicted octanol–water partition coefficient (Wildman–Crippen LogP) is 1.52. The van der Waals surface area contributed by atoms with Crippen molar-refractivity contribution in [2.45, 2.75) is 13.5 Å². The highest BCUT2D eigenvalue weighted by atomic mass is 16.2. The van der Waals surface area contributed by atoms with Crippen LogP contribution in [0, 0.1) is 6.92 Å². The zero-order chi connectivity index (χ0) is 12.1. The number of benzene rings is 1. The minimum Gasteiger partial charge on any atom is -0.348 e. The zero-order valence-electron chi connectivity index (χ0n) is 10.5. The van der Waals surface area contributed by atoms with E-state index in [1.54, 1.807) is 19.0 Å². The van der Waals surface area contributed by atoms with Gasteiger partial charge in [-0.05, 0) is 19.5 Å². The highest BCUT2D eigenvalue weighted by molar-refractivity contribution is 5.77. The van der Waals surface area contributed by atoms with E-state index in [1.807, 2.05) is 18.0 Å². The van der Waals surface area contributed by atoms with Crippen LogP contribution in [-0.4, -0.2) is 43.4 Å². The molecule has 0 N–H and O–H groups in total. The quantitative estimate of drug-likeness (QED) is 0.768. The number of likely N-dealkylation sites (N-methyl/N-ethyl adjacent to an activating group) is 2. The van der Waals surface area contributed by atoms with E-state index in [0.29, 0.717) is 6.54 Å². The first kappa shape index (κ1) is 12.7. The van der Waals surface area contributed by atoms with Crippen LogP contribution in [0.2, 0.25) is 0 Å². The van der Waals surface area contributed by atoms with E-state index in [9.17, 15) is 4.79 Å². The standard InChI is InChI=1S/C13H20N2O/c1-11-6-5-7-12(8-11)9-15(4)10-13(16)14(2)3/h5-8H,9-10H2,1-4H3. The zero-order valence-corrected chi connectivity index (χ0v) is 10.5. The molecule has 1 rings (SSSR count). The Morgan fingerprint density at radius 3 is 2.50 bits per heavy atom. The molecule has 0 aliphatic heterocycles. The molecule has 0 aromatic heterocycles. The third-order valence-corrected chi connectivity index (χ3v) is 2.44. The van der Waals surface area contributed by atoms with Gasteiger partial charge in [0.05, 0.1) is 6.54 Å². The van der Waals surface area contributed by atoms with Crippen molar-refractivity contribution >= 4 is 5.91 Å². The summed E-state index contributed by atoms with van der Waals surface area (Å²) >= 11 is 0. The van der Waals surface area contributed by atoms with Crippen molar-refractivity contribution in [2.75, 3.05) is 27.7 Å². The Kier molecular flexibility index (Phi) is 4.50. The first-order chi connectivity index (χ1) is 7.49. The number of nitrogens with zero attached hydrogens (tertiary/aromatic N) is 2. The average Bonchev–Trinajstić information content (AvgIpc) is 2.16. The summed E-state index contributed by atoms with van der Waals surface area (Å²) in [7, 11) is 5.52. The SMILES string of the molecule is Cc1cccc(CN(C)CC(=O)N(C)C)c1. The maximum atomic E-state index is 11.5. The lowest BCUT2D eigenvalue weighted by Gasteiger charge is -2.19. The van der Waals surface area contributed by atoms with Gasteiger partial charge in [-0.15, -0.1) is 0 Å². The van der Waals surface area contributed by atoms with Gasteiger partial charge in [-0.1, -0.05) is 29.8 Å². The van der Waals surface area contributed by atoms with Crippen molar-refractivity contribution < 1.29 is 4.79 Å². The van der Waals surface area contributed by atoms with Crippen LogP contribution < -0.4 is 0 Å². The Balaban J connectivity index is 2.51. The highest BCUT2D eigenvalue weighted by Gasteiger charge is 2.08. The molecule has 0 heterocycles. The first-order valence-electron chi connectivity index (χ1n) is 5.43. The van der Waals surface area contributed by atoms with Crippen molar-refractivity contribution in [1.29, 1.82) is 0 Å². The minimum atomic E-state index is 0.134. The van der Waals surface area contributed by atoms with Gasteiger partial charge < -0.3 is 4.90 Å². The molecule has 1 aromatic rings. The van der Waals surface area contributed by atoms with Crippen LogP contribution in [0.3, 0.4) is 0 Å². The van der Waals surface area contributed by atoms with Crippen LogP contribution >= 0.6 is 0 Å². The lowest BCUT2D eigenvalue weighted by molar-refractivity contribution is -0.129. The van der Waals surface area contributed by atoms with Crippen molar-refractivity contribution in [3.05, 3.63) is 35.4 Å². The Hall–Kier alpha value is -1.35. The molecule has 3 nitrogen and oxygen atoms in total. The second kappa shape index (κ2) is 5.66. The van der Waals surface area contributed by atoms with Gasteiger partial charge in [0.2, 0.25) is 5.91 Å². The maximum Gasteiger partial charge on any atom is 0.236 e. The molecule has 0 saturated heterocycles. The molecule has 16 heavy (non-hydrogen) atoms. The van der Waals surface area contributed by atoms with E-state index in [0.717, 1.165) is 6.54 Å². The normalized spacial score (nSPS) is 10.6. The summed E-state index contributed by atoms with van der Waals surface area (Å²) in [6, 6.07) is 8.36. The van der Waals surface area contributed by atoms with E-state index >= 15 is 0 Å². The lowest BCUT2D eigenvalue weighted by atomic mass is 10.1. The summed E-state index contributed by atoms with van der Waals surface area (Å²) in [5.74, 6) is 0.134. The van der Waals surface area contributed by atoms with Crippen LogP contribution in [0.5, 0.6) is 0 Å². The lowest BCUT2D eigenvalue weighted by Crippen LogP contribution is -2.34. The van der Waals surface area contributed by atoms with Crippen LogP contribution in [0.4, 0.5) is 0 Å². The largest absolute Gasteiger partial charge is 0.348 e. The Labute approximate surface area is 97.7 Å². The Morgan fingerprint density at radius 1 is 1.25 bits per heavy atom. The fourth-order valence-electron chi connectivity index (χ4n) is 1.55. The summed E-state index contributed by atoms with van der Waals surface area (Å²) in [4.78, 5) is 15.1. The maximum absolute atomic E-state index is 11.5. The van der Waals surface area contributed by atoms with Gasteiger partial charge in [-0.25, -0.2) is 0 Å². The van der Waals surface area contributed by atoms with Crippen molar-refractivity contribution in [3.63, 3.8) is 0 Å². The van der Waals surface area contributed by atoms with Crippen molar-refractivity contribution in [3.8, 4) is 0 Å². The molecule has 0 aliphatic carbocycles. The number of carbonyl (C=O) groups is 1. The average molecular weight is 220 g/mol. The summed E-state index contributed by atoms with van der Waals surface area (Å²) < 4.78 is 0. The fourth-order valence-corrected chi connectivity index (χ4v) is 1.55. The molecule has 88 valence electrons. The van der Waals surface area contributed by atoms with Crippen LogP contribution in [-0.2, 0) is 11.3 Å². The fraction of sp³-hybridized carbons (Fsp3) is 0.462. The van der Waals surface area contributed by atoms with Gasteiger partial charge in [0.25, 0.3) is 0 Å². The number of amides is 1. The molecule has 0 unspecified atom stereocenters. The molecule has 0 atom stereocenters. The highest BCUT2D eigenvalue weighted by Crippen LogP contribution is 2.06. The molecule has 1 aromatic carbocycles. The van der Waals surface area contributed by atoms with Crippen LogP contribution in [0.15, 0.2) is 24.3 Å². The van der Waals surface area contributed by atoms with Gasteiger partial charge in [-0.2, -0.15) is 0 Å². The predicted molar refractivity (Wildman–Crippen MR) is 66.2 cm³/mol. The number of rotatable bonds is 4. The van der Waals surface area contributed by atoms with E-state index in [-0.39, 0.29) is 5.91 Å². The molecule has 3 heteroatoms. The number of hydrogen-bond donors (Lipinski definition) is 0. The van der Waals surface area contributed by atoms with E-state index < -0.39 is 0 Å². The molecule has 0 radical (unpaired) electrons. The molecule has 0 aliphatic rings. The molecule has 0 spiro atoms. The second-order valence-corrected chi connectivity index (χ2v) is 4.45. The summed E-state index contributed by atoms with van der Waals surface area (Å²) in [6.07, 6.45) is 0. The molecule has 0 fully saturated rings. The third-order valence-electron chi connectivity index (χ3n) is 2.44. The number of hydrogen-bond acceptors (Lipinski definition) is 2. The Bertz CT molecular complexity index is 361. The smallest absolute Gasteiger partial charge is 0.236 e. The third kappa shape index (κ3) is 4.03. The first-order valence-corrected chi connectivity index (χ1v) is 5.43. The minimum absolute atomic E-state index is 0.134. The molecule has 0 bridgehead atoms. The van der Waals surface area contributed by atoms with Gasteiger partial charge in [0, 0.05) is 20.6 Å². The summed E-state index contributed by atoms with van der Waals surface area (Å²) in [6.45, 7) is 3.34. The van der Waals surface area contributed by atoms with Crippen molar-refractivity contribution in [1.82, 2.24) is 9.80 Å². The number of aryl methyl sites for hydroxylation is 1. The van der Waals surface area contributed by atoms with Gasteiger partial charge >= 0.3 is 0 Å². The monoisotopic (exact) mass is 220 g/mol. The van der Waals surface area contributed by atoms with Gasteiger partial charge in [-0.3, -0.25) is 9.69 Å². The van der Waals surface area contributed by atoms with Gasteiger partial charge in [0.1, 0.15) is 0 Å². The summed E-state index contributed by atoms with van der Waals surface area (Å²) in [5.41, 5.74) is 2.50.